The largest absolute Gasteiger partial charge is 0.497 e. The average Bonchev–Trinajstić information content (AvgIpc) is 2.74. The van der Waals surface area contributed by atoms with E-state index in [4.69, 9.17) is 39.5 Å². The molecule has 154 valence electrons. The lowest BCUT2D eigenvalue weighted by molar-refractivity contribution is -0.114. The Balaban J connectivity index is 1.86. The van der Waals surface area contributed by atoms with E-state index in [1.165, 1.54) is 11.0 Å². The maximum Gasteiger partial charge on any atom is 0.258 e. The maximum atomic E-state index is 13.2. The van der Waals surface area contributed by atoms with Gasteiger partial charge in [-0.05, 0) is 60.7 Å². The molecule has 0 saturated heterocycles. The van der Waals surface area contributed by atoms with Crippen LogP contribution in [0.15, 0.2) is 66.7 Å². The van der Waals surface area contributed by atoms with Gasteiger partial charge in [0.25, 0.3) is 5.91 Å². The van der Waals surface area contributed by atoms with Crippen LogP contribution in [0.5, 0.6) is 5.75 Å². The summed E-state index contributed by atoms with van der Waals surface area (Å²) in [7, 11) is 1.54. The van der Waals surface area contributed by atoms with Crippen LogP contribution in [0.2, 0.25) is 15.1 Å². The monoisotopic (exact) mass is 462 g/mol. The molecule has 2 amide bonds. The molecule has 1 N–H and O–H groups in total. The number of hydrogen-bond acceptors (Lipinski definition) is 3. The van der Waals surface area contributed by atoms with E-state index < -0.39 is 5.91 Å². The van der Waals surface area contributed by atoms with Gasteiger partial charge in [-0.2, -0.15) is 0 Å². The molecule has 0 heterocycles. The molecule has 8 heteroatoms. The summed E-state index contributed by atoms with van der Waals surface area (Å²) in [5.41, 5.74) is 1.36. The van der Waals surface area contributed by atoms with E-state index in [0.29, 0.717) is 37.8 Å². The minimum atomic E-state index is -0.407. The van der Waals surface area contributed by atoms with Gasteiger partial charge in [0.2, 0.25) is 5.91 Å². The molecule has 0 aromatic heterocycles. The van der Waals surface area contributed by atoms with Gasteiger partial charge in [0.05, 0.1) is 17.2 Å². The lowest BCUT2D eigenvalue weighted by Crippen LogP contribution is -2.38. The summed E-state index contributed by atoms with van der Waals surface area (Å²) in [6.45, 7) is -0.231. The topological polar surface area (TPSA) is 58.6 Å². The van der Waals surface area contributed by atoms with E-state index in [-0.39, 0.29) is 12.5 Å². The van der Waals surface area contributed by atoms with Gasteiger partial charge in [-0.25, -0.2) is 0 Å². The predicted molar refractivity (Wildman–Crippen MR) is 121 cm³/mol. The first kappa shape index (κ1) is 22.0. The number of rotatable bonds is 6. The molecular weight excluding hydrogens is 447 g/mol. The van der Waals surface area contributed by atoms with E-state index >= 15 is 0 Å². The Kier molecular flexibility index (Phi) is 7.21. The van der Waals surface area contributed by atoms with E-state index in [1.54, 1.807) is 67.8 Å². The summed E-state index contributed by atoms with van der Waals surface area (Å²) in [4.78, 5) is 27.2. The highest BCUT2D eigenvalue weighted by Crippen LogP contribution is 2.26. The van der Waals surface area contributed by atoms with Gasteiger partial charge in [-0.3, -0.25) is 14.5 Å². The zero-order valence-corrected chi connectivity index (χ0v) is 18.1. The molecule has 0 radical (unpaired) electrons. The second kappa shape index (κ2) is 9.85. The van der Waals surface area contributed by atoms with Crippen molar-refractivity contribution < 1.29 is 14.3 Å². The number of carbonyl (C=O) groups excluding carboxylic acids is 2. The van der Waals surface area contributed by atoms with Crippen LogP contribution in [0, 0.1) is 0 Å². The maximum absolute atomic E-state index is 13.2. The second-order valence-electron chi connectivity index (χ2n) is 6.28. The summed E-state index contributed by atoms with van der Waals surface area (Å²) in [6.07, 6.45) is 0. The van der Waals surface area contributed by atoms with Crippen molar-refractivity contribution in [2.24, 2.45) is 0 Å². The Morgan fingerprint density at radius 1 is 0.933 bits per heavy atom. The van der Waals surface area contributed by atoms with Crippen molar-refractivity contribution in [1.82, 2.24) is 0 Å². The molecule has 0 spiro atoms. The molecule has 30 heavy (non-hydrogen) atoms. The highest BCUT2D eigenvalue weighted by atomic mass is 35.5. The standard InChI is InChI=1S/C22H17Cl3N2O3/c1-30-18-8-5-14(6-9-18)22(29)27(17-4-2-3-15(23)11-17)13-21(28)26-16-7-10-19(24)20(25)12-16/h2-12H,13H2,1H3,(H,26,28). The van der Waals surface area contributed by atoms with E-state index in [0.717, 1.165) is 0 Å². The fraction of sp³-hybridized carbons (Fsp3) is 0.0909. The molecule has 0 aliphatic heterocycles. The van der Waals surface area contributed by atoms with Gasteiger partial charge in [-0.15, -0.1) is 0 Å². The van der Waals surface area contributed by atoms with E-state index in [1.807, 2.05) is 0 Å². The van der Waals surface area contributed by atoms with Crippen molar-refractivity contribution in [3.05, 3.63) is 87.4 Å². The smallest absolute Gasteiger partial charge is 0.258 e. The Hall–Kier alpha value is -2.73. The first-order valence-corrected chi connectivity index (χ1v) is 9.97. The van der Waals surface area contributed by atoms with Crippen LogP contribution >= 0.6 is 34.8 Å². The molecule has 0 bridgehead atoms. The Morgan fingerprint density at radius 2 is 1.67 bits per heavy atom. The van der Waals surface area contributed by atoms with Gasteiger partial charge in [-0.1, -0.05) is 40.9 Å². The molecule has 0 saturated carbocycles. The number of carbonyl (C=O) groups is 2. The summed E-state index contributed by atoms with van der Waals surface area (Å²) in [6, 6.07) is 18.1. The SMILES string of the molecule is COc1ccc(C(=O)N(CC(=O)Nc2ccc(Cl)c(Cl)c2)c2cccc(Cl)c2)cc1. The van der Waals surface area contributed by atoms with Gasteiger partial charge in [0.1, 0.15) is 12.3 Å². The van der Waals surface area contributed by atoms with Gasteiger partial charge >= 0.3 is 0 Å². The molecule has 0 fully saturated rings. The van der Waals surface area contributed by atoms with Gasteiger partial charge in [0, 0.05) is 22.0 Å². The highest BCUT2D eigenvalue weighted by Gasteiger charge is 2.21. The zero-order valence-electron chi connectivity index (χ0n) is 15.9. The number of nitrogens with one attached hydrogen (secondary N) is 1. The quantitative estimate of drug-likeness (QED) is 0.492. The van der Waals surface area contributed by atoms with Crippen LogP contribution in [-0.4, -0.2) is 25.5 Å². The first-order chi connectivity index (χ1) is 14.4. The minimum absolute atomic E-state index is 0.231. The number of amides is 2. The molecular formula is C22H17Cl3N2O3. The number of hydrogen-bond donors (Lipinski definition) is 1. The van der Waals surface area contributed by atoms with Crippen molar-refractivity contribution in [3.8, 4) is 5.75 Å². The van der Waals surface area contributed by atoms with Gasteiger partial charge < -0.3 is 10.1 Å². The number of anilines is 2. The number of halogens is 3. The van der Waals surface area contributed by atoms with Crippen LogP contribution in [-0.2, 0) is 4.79 Å². The Morgan fingerprint density at radius 3 is 2.30 bits per heavy atom. The number of methoxy groups -OCH3 is 1. The molecule has 5 nitrogen and oxygen atoms in total. The molecule has 0 aliphatic rings. The minimum Gasteiger partial charge on any atom is -0.497 e. The molecule has 0 aliphatic carbocycles. The molecule has 0 unspecified atom stereocenters. The third-order valence-corrected chi connectivity index (χ3v) is 5.18. The molecule has 0 atom stereocenters. The van der Waals surface area contributed by atoms with Crippen LogP contribution in [0.3, 0.4) is 0 Å². The predicted octanol–water partition coefficient (Wildman–Crippen LogP) is 5.94. The highest BCUT2D eigenvalue weighted by molar-refractivity contribution is 6.42. The summed E-state index contributed by atoms with van der Waals surface area (Å²) in [5.74, 6) is -0.141. The summed E-state index contributed by atoms with van der Waals surface area (Å²) >= 11 is 18.0. The van der Waals surface area contributed by atoms with Crippen molar-refractivity contribution in [3.63, 3.8) is 0 Å². The van der Waals surface area contributed by atoms with Crippen LogP contribution in [0.1, 0.15) is 10.4 Å². The van der Waals surface area contributed by atoms with Gasteiger partial charge in [0.15, 0.2) is 0 Å². The lowest BCUT2D eigenvalue weighted by atomic mass is 10.1. The summed E-state index contributed by atoms with van der Waals surface area (Å²) < 4.78 is 5.13. The molecule has 3 aromatic carbocycles. The first-order valence-electron chi connectivity index (χ1n) is 8.84. The number of ether oxygens (including phenoxy) is 1. The summed E-state index contributed by atoms with van der Waals surface area (Å²) in [5, 5.41) is 3.86. The fourth-order valence-electron chi connectivity index (χ4n) is 2.73. The Bertz CT molecular complexity index is 1070. The van der Waals surface area contributed by atoms with Crippen molar-refractivity contribution in [1.29, 1.82) is 0 Å². The van der Waals surface area contributed by atoms with Crippen LogP contribution in [0.4, 0.5) is 11.4 Å². The van der Waals surface area contributed by atoms with Crippen LogP contribution < -0.4 is 15.0 Å². The Labute approximate surface area is 189 Å². The molecule has 3 rings (SSSR count). The zero-order chi connectivity index (χ0) is 21.7. The number of benzene rings is 3. The van der Waals surface area contributed by atoms with E-state index in [2.05, 4.69) is 5.32 Å². The van der Waals surface area contributed by atoms with Crippen molar-refractivity contribution >= 4 is 58.0 Å². The third kappa shape index (κ3) is 5.45. The third-order valence-electron chi connectivity index (χ3n) is 4.21. The van der Waals surface area contributed by atoms with E-state index in [9.17, 15) is 9.59 Å². The van der Waals surface area contributed by atoms with Crippen molar-refractivity contribution in [2.45, 2.75) is 0 Å². The normalized spacial score (nSPS) is 10.4. The lowest BCUT2D eigenvalue weighted by Gasteiger charge is -2.23. The number of nitrogens with zero attached hydrogens (tertiary/aromatic N) is 1. The second-order valence-corrected chi connectivity index (χ2v) is 7.53. The van der Waals surface area contributed by atoms with Crippen molar-refractivity contribution in [2.75, 3.05) is 23.9 Å². The molecule has 3 aromatic rings. The fourth-order valence-corrected chi connectivity index (χ4v) is 3.21. The van der Waals surface area contributed by atoms with Crippen LogP contribution in [0.25, 0.3) is 0 Å². The average molecular weight is 464 g/mol.